The molecule has 0 spiro atoms. The standard InChI is InChI=1S/C21H26N5O3P/c1-3-16-4-5-17(13-22)26(16)19(27)14-24-21(2)7-10-25(11-8-21)18-12-15(6-9-23-18)20(28)29-30/h1,6,9,12,16-17,24H,4-5,7-8,10-11,14,30H2,2H3/t16-,17-/m0/s1. The predicted molar refractivity (Wildman–Crippen MR) is 115 cm³/mol. The molecule has 30 heavy (non-hydrogen) atoms. The Hall–Kier alpha value is -2.67. The van der Waals surface area contributed by atoms with Crippen molar-refractivity contribution in [2.45, 2.75) is 50.2 Å². The highest BCUT2D eigenvalue weighted by Gasteiger charge is 2.37. The topological polar surface area (TPSA) is 98.6 Å². The molecule has 8 nitrogen and oxygen atoms in total. The highest BCUT2D eigenvalue weighted by Crippen LogP contribution is 2.27. The molecule has 2 aliphatic rings. The first-order valence-corrected chi connectivity index (χ1v) is 10.4. The van der Waals surface area contributed by atoms with Crippen LogP contribution in [0.3, 0.4) is 0 Å². The van der Waals surface area contributed by atoms with Gasteiger partial charge in [-0.2, -0.15) is 5.26 Å². The fraction of sp³-hybridized carbons (Fsp3) is 0.524. The fourth-order valence-corrected chi connectivity index (χ4v) is 4.16. The van der Waals surface area contributed by atoms with Crippen LogP contribution in [0.5, 0.6) is 0 Å². The van der Waals surface area contributed by atoms with Crippen LogP contribution in [0, 0.1) is 23.7 Å². The Morgan fingerprint density at radius 2 is 2.10 bits per heavy atom. The summed E-state index contributed by atoms with van der Waals surface area (Å²) in [6, 6.07) is 4.78. The second-order valence-corrected chi connectivity index (χ2v) is 8.15. The van der Waals surface area contributed by atoms with E-state index in [1.54, 1.807) is 23.2 Å². The summed E-state index contributed by atoms with van der Waals surface area (Å²) < 4.78 is 4.69. The molecule has 0 saturated carbocycles. The zero-order valence-electron chi connectivity index (χ0n) is 17.0. The molecule has 0 bridgehead atoms. The van der Waals surface area contributed by atoms with Gasteiger partial charge < -0.3 is 19.6 Å². The number of likely N-dealkylation sites (tertiary alicyclic amines) is 1. The normalized spacial score (nSPS) is 22.8. The molecule has 3 atom stereocenters. The van der Waals surface area contributed by atoms with Crippen molar-refractivity contribution in [2.24, 2.45) is 0 Å². The molecule has 3 rings (SSSR count). The number of aromatic nitrogens is 1. The molecule has 1 amide bonds. The lowest BCUT2D eigenvalue weighted by Gasteiger charge is -2.41. The number of piperidine rings is 1. The molecule has 1 N–H and O–H groups in total. The number of carbonyl (C=O) groups excluding carboxylic acids is 2. The van der Waals surface area contributed by atoms with Crippen LogP contribution in [-0.2, 0) is 9.32 Å². The van der Waals surface area contributed by atoms with Crippen molar-refractivity contribution in [1.29, 1.82) is 5.26 Å². The van der Waals surface area contributed by atoms with E-state index in [9.17, 15) is 14.9 Å². The molecule has 2 aliphatic heterocycles. The lowest BCUT2D eigenvalue weighted by atomic mass is 9.89. The summed E-state index contributed by atoms with van der Waals surface area (Å²) in [7, 11) is 1.96. The Morgan fingerprint density at radius 3 is 2.73 bits per heavy atom. The predicted octanol–water partition coefficient (Wildman–Crippen LogP) is 1.49. The Morgan fingerprint density at radius 1 is 1.40 bits per heavy atom. The molecule has 1 unspecified atom stereocenters. The van der Waals surface area contributed by atoms with E-state index in [2.05, 4.69) is 34.1 Å². The number of amides is 1. The van der Waals surface area contributed by atoms with Crippen LogP contribution in [0.25, 0.3) is 0 Å². The minimum Gasteiger partial charge on any atom is -0.448 e. The zero-order chi connectivity index (χ0) is 21.7. The number of rotatable bonds is 5. The van der Waals surface area contributed by atoms with Gasteiger partial charge in [-0.05, 0) is 44.7 Å². The summed E-state index contributed by atoms with van der Waals surface area (Å²) in [5.41, 5.74) is 0.240. The average Bonchev–Trinajstić information content (AvgIpc) is 3.21. The molecular formula is C21H26N5O3P. The van der Waals surface area contributed by atoms with Gasteiger partial charge in [-0.1, -0.05) is 5.92 Å². The van der Waals surface area contributed by atoms with Crippen molar-refractivity contribution in [3.63, 3.8) is 0 Å². The van der Waals surface area contributed by atoms with E-state index >= 15 is 0 Å². The quantitative estimate of drug-likeness (QED) is 0.562. The third-order valence-electron chi connectivity index (χ3n) is 5.96. The van der Waals surface area contributed by atoms with Crippen molar-refractivity contribution in [2.75, 3.05) is 24.5 Å². The highest BCUT2D eigenvalue weighted by molar-refractivity contribution is 7.10. The van der Waals surface area contributed by atoms with E-state index in [0.717, 1.165) is 31.7 Å². The van der Waals surface area contributed by atoms with Gasteiger partial charge in [0.25, 0.3) is 0 Å². The molecule has 158 valence electrons. The Bertz CT molecular complexity index is 863. The summed E-state index contributed by atoms with van der Waals surface area (Å²) in [6.07, 6.45) is 10.0. The number of anilines is 1. The first kappa shape index (κ1) is 22.0. The molecule has 2 saturated heterocycles. The minimum absolute atomic E-state index is 0.129. The summed E-state index contributed by atoms with van der Waals surface area (Å²) in [6.45, 7) is 3.72. The van der Waals surface area contributed by atoms with Crippen LogP contribution in [0.15, 0.2) is 18.3 Å². The van der Waals surface area contributed by atoms with Gasteiger partial charge in [-0.25, -0.2) is 9.78 Å². The van der Waals surface area contributed by atoms with Crippen molar-refractivity contribution in [3.8, 4) is 18.4 Å². The first-order chi connectivity index (χ1) is 14.4. The van der Waals surface area contributed by atoms with Crippen molar-refractivity contribution in [3.05, 3.63) is 23.9 Å². The lowest BCUT2D eigenvalue weighted by Crippen LogP contribution is -2.55. The van der Waals surface area contributed by atoms with E-state index in [-0.39, 0.29) is 24.0 Å². The molecule has 9 heteroatoms. The molecule has 0 aromatic carbocycles. The third kappa shape index (κ3) is 4.73. The van der Waals surface area contributed by atoms with Gasteiger partial charge >= 0.3 is 5.97 Å². The zero-order valence-corrected chi connectivity index (χ0v) is 18.2. The Kier molecular flexibility index (Phi) is 6.92. The third-order valence-corrected chi connectivity index (χ3v) is 6.17. The van der Waals surface area contributed by atoms with E-state index < -0.39 is 12.0 Å². The Labute approximate surface area is 179 Å². The van der Waals surface area contributed by atoms with E-state index in [1.165, 1.54) is 0 Å². The van der Waals surface area contributed by atoms with E-state index in [1.807, 2.05) is 9.47 Å². The van der Waals surface area contributed by atoms with Gasteiger partial charge in [0.2, 0.25) is 5.91 Å². The van der Waals surface area contributed by atoms with Crippen molar-refractivity contribution in [1.82, 2.24) is 15.2 Å². The van der Waals surface area contributed by atoms with Gasteiger partial charge in [-0.3, -0.25) is 4.79 Å². The number of hydrogen-bond acceptors (Lipinski definition) is 7. The maximum atomic E-state index is 12.7. The van der Waals surface area contributed by atoms with E-state index in [4.69, 9.17) is 10.9 Å². The number of nitriles is 1. The van der Waals surface area contributed by atoms with Gasteiger partial charge in [-0.15, -0.1) is 6.42 Å². The second kappa shape index (κ2) is 9.43. The number of terminal acetylenes is 1. The molecule has 0 aliphatic carbocycles. The summed E-state index contributed by atoms with van der Waals surface area (Å²) >= 11 is 0. The monoisotopic (exact) mass is 427 g/mol. The van der Waals surface area contributed by atoms with Crippen LogP contribution in [0.4, 0.5) is 5.82 Å². The van der Waals surface area contributed by atoms with Gasteiger partial charge in [0.1, 0.15) is 11.9 Å². The van der Waals surface area contributed by atoms with Crippen LogP contribution >= 0.6 is 9.47 Å². The number of nitrogens with one attached hydrogen (secondary N) is 1. The number of carbonyl (C=O) groups is 2. The molecule has 3 heterocycles. The van der Waals surface area contributed by atoms with Crippen LogP contribution < -0.4 is 10.2 Å². The highest BCUT2D eigenvalue weighted by atomic mass is 31.0. The van der Waals surface area contributed by atoms with Gasteiger partial charge in [0, 0.05) is 24.8 Å². The average molecular weight is 427 g/mol. The van der Waals surface area contributed by atoms with Gasteiger partial charge in [0.15, 0.2) is 0 Å². The largest absolute Gasteiger partial charge is 0.448 e. The van der Waals surface area contributed by atoms with Gasteiger partial charge in [0.05, 0.1) is 33.7 Å². The summed E-state index contributed by atoms with van der Waals surface area (Å²) in [5, 5.41) is 12.7. The molecule has 2 fully saturated rings. The minimum atomic E-state index is -0.443. The fourth-order valence-electron chi connectivity index (χ4n) is 4.02. The lowest BCUT2D eigenvalue weighted by molar-refractivity contribution is -0.131. The first-order valence-electron chi connectivity index (χ1n) is 9.95. The SMILES string of the molecule is C#C[C@H]1CC[C@@H](C#N)N1C(=O)CNC1(C)CCN(c2cc(C(=O)OP)ccn2)CC1. The summed E-state index contributed by atoms with van der Waals surface area (Å²) in [4.78, 5) is 32.5. The second-order valence-electron chi connectivity index (χ2n) is 7.92. The number of nitrogens with zero attached hydrogens (tertiary/aromatic N) is 4. The maximum absolute atomic E-state index is 12.7. The van der Waals surface area contributed by atoms with Crippen LogP contribution in [0.1, 0.15) is 43.0 Å². The van der Waals surface area contributed by atoms with Crippen molar-refractivity contribution < 1.29 is 14.1 Å². The molecule has 1 aromatic rings. The number of hydrogen-bond donors (Lipinski definition) is 1. The number of pyridine rings is 1. The Balaban J connectivity index is 1.56. The smallest absolute Gasteiger partial charge is 0.340 e. The van der Waals surface area contributed by atoms with E-state index in [0.29, 0.717) is 18.4 Å². The van der Waals surface area contributed by atoms with Crippen molar-refractivity contribution >= 4 is 27.2 Å². The molecule has 0 radical (unpaired) electrons. The summed E-state index contributed by atoms with van der Waals surface area (Å²) in [5.74, 6) is 2.80. The molecular weight excluding hydrogens is 401 g/mol. The van der Waals surface area contributed by atoms with Crippen LogP contribution in [0.2, 0.25) is 0 Å². The van der Waals surface area contributed by atoms with Crippen LogP contribution in [-0.4, -0.2) is 59.0 Å². The maximum Gasteiger partial charge on any atom is 0.340 e. The molecule has 1 aromatic heterocycles.